The zero-order valence-electron chi connectivity index (χ0n) is 15.4. The molecule has 3 aromatic rings. The van der Waals surface area contributed by atoms with Crippen LogP contribution in [-0.2, 0) is 10.0 Å². The van der Waals surface area contributed by atoms with Crippen LogP contribution in [0.3, 0.4) is 0 Å². The third-order valence-electron chi connectivity index (χ3n) is 4.17. The summed E-state index contributed by atoms with van der Waals surface area (Å²) in [6.07, 6.45) is 4.41. The molecule has 29 heavy (non-hydrogen) atoms. The van der Waals surface area contributed by atoms with Crippen LogP contribution in [-0.4, -0.2) is 46.9 Å². The molecule has 0 atom stereocenters. The lowest BCUT2D eigenvalue weighted by Crippen LogP contribution is -2.29. The van der Waals surface area contributed by atoms with Crippen molar-refractivity contribution >= 4 is 21.8 Å². The van der Waals surface area contributed by atoms with Crippen LogP contribution in [0.15, 0.2) is 52.7 Å². The van der Waals surface area contributed by atoms with Crippen LogP contribution in [0.2, 0.25) is 0 Å². The number of sulfonamides is 1. The van der Waals surface area contributed by atoms with Gasteiger partial charge in [0.05, 0.1) is 59.2 Å². The quantitative estimate of drug-likeness (QED) is 0.484. The van der Waals surface area contributed by atoms with E-state index in [0.717, 1.165) is 4.41 Å². The van der Waals surface area contributed by atoms with Crippen LogP contribution in [0.25, 0.3) is 5.52 Å². The van der Waals surface area contributed by atoms with E-state index in [0.29, 0.717) is 22.2 Å². The summed E-state index contributed by atoms with van der Waals surface area (Å²) >= 11 is 0. The van der Waals surface area contributed by atoms with Crippen molar-refractivity contribution in [3.05, 3.63) is 65.0 Å². The third kappa shape index (κ3) is 3.94. The number of aliphatic hydroxyl groups excluding tert-OH is 1. The molecule has 3 rings (SSSR count). The van der Waals surface area contributed by atoms with Crippen LogP contribution >= 0.6 is 0 Å². The van der Waals surface area contributed by atoms with Crippen molar-refractivity contribution < 1.29 is 13.5 Å². The molecule has 0 bridgehead atoms. The van der Waals surface area contributed by atoms with Crippen molar-refractivity contribution in [1.29, 1.82) is 10.5 Å². The fraction of sp³-hybridized carbons (Fsp3) is 0.158. The Bertz CT molecular complexity index is 1280. The number of rotatable bonds is 6. The first-order chi connectivity index (χ1) is 13.9. The predicted octanol–water partition coefficient (Wildman–Crippen LogP) is 1.40. The molecule has 0 aliphatic heterocycles. The molecule has 0 amide bonds. The summed E-state index contributed by atoms with van der Waals surface area (Å²) in [6.45, 7) is 0.905. The van der Waals surface area contributed by atoms with Gasteiger partial charge in [0, 0.05) is 11.8 Å². The molecular weight excluding hydrogens is 392 g/mol. The van der Waals surface area contributed by atoms with E-state index in [9.17, 15) is 13.5 Å². The number of benzene rings is 1. The van der Waals surface area contributed by atoms with Gasteiger partial charge in [-0.1, -0.05) is 6.07 Å². The van der Waals surface area contributed by atoms with Gasteiger partial charge in [-0.25, -0.2) is 4.52 Å². The molecule has 0 unspecified atom stereocenters. The molecule has 146 valence electrons. The second-order valence-electron chi connectivity index (χ2n) is 6.07. The number of hydrogen-bond acceptors (Lipinski definition) is 7. The maximum absolute atomic E-state index is 13.1. The third-order valence-corrected chi connectivity index (χ3v) is 6.00. The fourth-order valence-corrected chi connectivity index (χ4v) is 4.15. The van der Waals surface area contributed by atoms with E-state index in [-0.39, 0.29) is 17.0 Å². The summed E-state index contributed by atoms with van der Waals surface area (Å²) in [4.78, 5) is -0.0613. The van der Waals surface area contributed by atoms with E-state index < -0.39 is 16.6 Å². The number of aliphatic hydroxyl groups is 1. The number of pyridine rings is 1. The summed E-state index contributed by atoms with van der Waals surface area (Å²) < 4.78 is 28.4. The van der Waals surface area contributed by atoms with Crippen LogP contribution in [0, 0.1) is 29.6 Å². The molecule has 0 fully saturated rings. The van der Waals surface area contributed by atoms with E-state index in [1.807, 2.05) is 12.1 Å². The zero-order valence-corrected chi connectivity index (χ0v) is 16.2. The van der Waals surface area contributed by atoms with Gasteiger partial charge in [0.2, 0.25) is 0 Å². The summed E-state index contributed by atoms with van der Waals surface area (Å²) in [5.41, 5.74) is 2.17. The highest BCUT2D eigenvalue weighted by molar-refractivity contribution is 7.89. The molecule has 0 aliphatic rings. The lowest BCUT2D eigenvalue weighted by molar-refractivity contribution is 0.257. The van der Waals surface area contributed by atoms with Gasteiger partial charge in [-0.2, -0.15) is 33.6 Å². The Hall–Kier alpha value is -3.73. The van der Waals surface area contributed by atoms with Crippen molar-refractivity contribution in [2.45, 2.75) is 11.8 Å². The minimum absolute atomic E-state index is 0.0613. The number of fused-ring (bicyclic) bond motifs is 1. The topological polar surface area (TPSA) is 135 Å². The Kier molecular flexibility index (Phi) is 5.59. The smallest absolute Gasteiger partial charge is 0.279 e. The van der Waals surface area contributed by atoms with Gasteiger partial charge in [-0.15, -0.1) is 0 Å². The number of nitriles is 2. The zero-order chi connectivity index (χ0) is 21.0. The minimum atomic E-state index is -4.10. The van der Waals surface area contributed by atoms with Gasteiger partial charge in [0.15, 0.2) is 0 Å². The molecule has 2 heterocycles. The van der Waals surface area contributed by atoms with E-state index in [1.54, 1.807) is 31.3 Å². The summed E-state index contributed by atoms with van der Waals surface area (Å²) in [7, 11) is -4.10. The second kappa shape index (κ2) is 8.10. The first kappa shape index (κ1) is 20.0. The maximum Gasteiger partial charge on any atom is 0.279 e. The second-order valence-corrected chi connectivity index (χ2v) is 7.88. The molecule has 0 spiro atoms. The Labute approximate surface area is 167 Å². The van der Waals surface area contributed by atoms with Crippen LogP contribution in [0.1, 0.15) is 22.3 Å². The predicted molar refractivity (Wildman–Crippen MR) is 104 cm³/mol. The van der Waals surface area contributed by atoms with E-state index in [2.05, 4.69) is 10.2 Å². The van der Waals surface area contributed by atoms with Gasteiger partial charge in [-0.3, -0.25) is 0 Å². The molecular formula is C19H16N6O3S. The standard InChI is InChI=1S/C19H16N6O3S/c1-14-2-3-15(10-20)9-19(14)29(27,28)25(6-7-26)23-13-17-12-22-24-5-4-16(11-21)8-18(17)24/h2-5,8-9,12-13,26H,6-7H2,1H3/b23-13+. The molecule has 0 aliphatic carbocycles. The monoisotopic (exact) mass is 408 g/mol. The maximum atomic E-state index is 13.1. The molecule has 0 saturated carbocycles. The van der Waals surface area contributed by atoms with Crippen molar-refractivity contribution in [2.24, 2.45) is 5.10 Å². The average Bonchev–Trinajstić information content (AvgIpc) is 3.13. The molecule has 0 saturated heterocycles. The average molecular weight is 408 g/mol. The fourth-order valence-electron chi connectivity index (χ4n) is 2.68. The normalized spacial score (nSPS) is 11.4. The highest BCUT2D eigenvalue weighted by Gasteiger charge is 2.25. The van der Waals surface area contributed by atoms with Crippen molar-refractivity contribution in [3.8, 4) is 12.1 Å². The summed E-state index contributed by atoms with van der Waals surface area (Å²) in [5, 5.41) is 35.7. The Balaban J connectivity index is 2.03. The van der Waals surface area contributed by atoms with E-state index in [4.69, 9.17) is 10.5 Å². The molecule has 0 radical (unpaired) electrons. The van der Waals surface area contributed by atoms with Crippen molar-refractivity contribution in [1.82, 2.24) is 14.0 Å². The summed E-state index contributed by atoms with van der Waals surface area (Å²) in [6, 6.07) is 11.5. The van der Waals surface area contributed by atoms with Gasteiger partial charge in [0.25, 0.3) is 10.0 Å². The Morgan fingerprint density at radius 1 is 1.24 bits per heavy atom. The van der Waals surface area contributed by atoms with Crippen molar-refractivity contribution in [2.75, 3.05) is 13.2 Å². The van der Waals surface area contributed by atoms with Crippen LogP contribution < -0.4 is 0 Å². The SMILES string of the molecule is Cc1ccc(C#N)cc1S(=O)(=O)N(CCO)/N=C/c1cnn2ccc(C#N)cc12. The molecule has 1 aromatic carbocycles. The molecule has 2 aromatic heterocycles. The van der Waals surface area contributed by atoms with Gasteiger partial charge < -0.3 is 5.11 Å². The molecule has 9 nitrogen and oxygen atoms in total. The molecule has 10 heteroatoms. The summed E-state index contributed by atoms with van der Waals surface area (Å²) in [5.74, 6) is 0. The Morgan fingerprint density at radius 2 is 1.97 bits per heavy atom. The first-order valence-electron chi connectivity index (χ1n) is 8.46. The highest BCUT2D eigenvalue weighted by Crippen LogP contribution is 2.22. The lowest BCUT2D eigenvalue weighted by atomic mass is 10.2. The number of aromatic nitrogens is 2. The lowest BCUT2D eigenvalue weighted by Gasteiger charge is -2.19. The van der Waals surface area contributed by atoms with Gasteiger partial charge in [0.1, 0.15) is 0 Å². The van der Waals surface area contributed by atoms with E-state index in [1.165, 1.54) is 29.1 Å². The number of aryl methyl sites for hydroxylation is 1. The van der Waals surface area contributed by atoms with Crippen molar-refractivity contribution in [3.63, 3.8) is 0 Å². The molecule has 1 N–H and O–H groups in total. The Morgan fingerprint density at radius 3 is 2.66 bits per heavy atom. The minimum Gasteiger partial charge on any atom is -0.394 e. The number of hydrogen-bond donors (Lipinski definition) is 1. The highest BCUT2D eigenvalue weighted by atomic mass is 32.2. The number of hydrazone groups is 1. The van der Waals surface area contributed by atoms with Gasteiger partial charge >= 0.3 is 0 Å². The largest absolute Gasteiger partial charge is 0.394 e. The first-order valence-corrected chi connectivity index (χ1v) is 9.90. The van der Waals surface area contributed by atoms with Gasteiger partial charge in [-0.05, 0) is 36.8 Å². The van der Waals surface area contributed by atoms with E-state index >= 15 is 0 Å². The van der Waals surface area contributed by atoms with Crippen LogP contribution in [0.4, 0.5) is 0 Å². The van der Waals surface area contributed by atoms with Crippen LogP contribution in [0.5, 0.6) is 0 Å². The number of nitrogens with zero attached hydrogens (tertiary/aromatic N) is 6.